The summed E-state index contributed by atoms with van der Waals surface area (Å²) in [5, 5.41) is 8.93. The summed E-state index contributed by atoms with van der Waals surface area (Å²) in [4.78, 5) is 25.5. The van der Waals surface area contributed by atoms with E-state index in [2.05, 4.69) is 10.4 Å². The van der Waals surface area contributed by atoms with Gasteiger partial charge in [0.1, 0.15) is 9.71 Å². The molecule has 6 nitrogen and oxygen atoms in total. The van der Waals surface area contributed by atoms with Crippen LogP contribution < -0.4 is 5.32 Å². The van der Waals surface area contributed by atoms with Crippen LogP contribution in [-0.2, 0) is 16.1 Å². The van der Waals surface area contributed by atoms with E-state index in [4.69, 9.17) is 16.3 Å². The minimum atomic E-state index is -0.502. The van der Waals surface area contributed by atoms with E-state index in [1.807, 2.05) is 49.7 Å². The predicted molar refractivity (Wildman–Crippen MR) is 111 cm³/mol. The first-order valence-electron chi connectivity index (χ1n) is 9.05. The largest absolute Gasteiger partial charge is 0.451 e. The van der Waals surface area contributed by atoms with Crippen molar-refractivity contribution in [2.24, 2.45) is 0 Å². The van der Waals surface area contributed by atoms with Crippen LogP contribution in [0.1, 0.15) is 41.2 Å². The summed E-state index contributed by atoms with van der Waals surface area (Å²) in [5.74, 6) is -0.799. The summed E-state index contributed by atoms with van der Waals surface area (Å²) in [6.45, 7) is 6.08. The van der Waals surface area contributed by atoms with Gasteiger partial charge in [0.2, 0.25) is 0 Å². The molecule has 0 aliphatic carbocycles. The van der Waals surface area contributed by atoms with E-state index in [-0.39, 0.29) is 18.6 Å². The van der Waals surface area contributed by atoms with Gasteiger partial charge < -0.3 is 10.1 Å². The lowest BCUT2D eigenvalue weighted by Gasteiger charge is -2.11. The summed E-state index contributed by atoms with van der Waals surface area (Å²) < 4.78 is 7.03. The number of carbonyl (C=O) groups excluding carboxylic acids is 2. The number of benzene rings is 1. The number of esters is 1. The quantitative estimate of drug-likeness (QED) is 0.583. The molecule has 0 radical (unpaired) electrons. The zero-order chi connectivity index (χ0) is 20.3. The molecule has 0 bridgehead atoms. The number of aryl methyl sites for hydroxylation is 1. The van der Waals surface area contributed by atoms with E-state index in [0.717, 1.165) is 27.9 Å². The number of rotatable bonds is 7. The van der Waals surface area contributed by atoms with E-state index in [1.165, 1.54) is 11.3 Å². The minimum Gasteiger partial charge on any atom is -0.451 e. The molecule has 0 saturated heterocycles. The molecule has 148 valence electrons. The van der Waals surface area contributed by atoms with Gasteiger partial charge in [0.05, 0.1) is 12.2 Å². The molecule has 1 atom stereocenters. The van der Waals surface area contributed by atoms with E-state index >= 15 is 0 Å². The van der Waals surface area contributed by atoms with Crippen molar-refractivity contribution in [1.29, 1.82) is 0 Å². The van der Waals surface area contributed by atoms with Crippen LogP contribution in [0.3, 0.4) is 0 Å². The molecule has 3 aromatic rings. The standard InChI is InChI=1S/C20H22ClN3O3S/c1-4-12(2)22-18(25)11-27-20(26)17-9-16-13(3)23-24(19(16)28-17)10-14-5-7-15(21)8-6-14/h5-9,12H,4,10-11H2,1-3H3,(H,22,25)/t12-/m0/s1. The Balaban J connectivity index is 1.72. The maximum atomic E-state index is 12.4. The van der Waals surface area contributed by atoms with Gasteiger partial charge in [-0.05, 0) is 44.0 Å². The van der Waals surface area contributed by atoms with Crippen molar-refractivity contribution in [2.75, 3.05) is 6.61 Å². The van der Waals surface area contributed by atoms with Gasteiger partial charge in [-0.1, -0.05) is 30.7 Å². The fourth-order valence-corrected chi connectivity index (χ4v) is 3.88. The van der Waals surface area contributed by atoms with E-state index < -0.39 is 5.97 Å². The molecule has 28 heavy (non-hydrogen) atoms. The second-order valence-corrected chi connectivity index (χ2v) is 8.12. The van der Waals surface area contributed by atoms with Crippen LogP contribution in [0.4, 0.5) is 0 Å². The van der Waals surface area contributed by atoms with E-state index in [9.17, 15) is 9.59 Å². The third-order valence-electron chi connectivity index (χ3n) is 4.41. The normalized spacial score (nSPS) is 12.1. The van der Waals surface area contributed by atoms with Crippen LogP contribution in [-0.4, -0.2) is 34.3 Å². The number of halogens is 1. The predicted octanol–water partition coefficient (Wildman–Crippen LogP) is 4.18. The molecule has 1 aromatic carbocycles. The number of amides is 1. The van der Waals surface area contributed by atoms with Crippen LogP contribution in [0.15, 0.2) is 30.3 Å². The molecule has 2 heterocycles. The van der Waals surface area contributed by atoms with Crippen LogP contribution in [0.5, 0.6) is 0 Å². The van der Waals surface area contributed by atoms with Crippen LogP contribution in [0.25, 0.3) is 10.2 Å². The maximum Gasteiger partial charge on any atom is 0.348 e. The zero-order valence-electron chi connectivity index (χ0n) is 16.0. The second-order valence-electron chi connectivity index (χ2n) is 6.65. The summed E-state index contributed by atoms with van der Waals surface area (Å²) in [6, 6.07) is 9.40. The number of nitrogens with zero attached hydrogens (tertiary/aromatic N) is 2. The molecule has 8 heteroatoms. The van der Waals surface area contributed by atoms with Crippen molar-refractivity contribution in [2.45, 2.75) is 39.8 Å². The van der Waals surface area contributed by atoms with Crippen molar-refractivity contribution in [3.63, 3.8) is 0 Å². The lowest BCUT2D eigenvalue weighted by molar-refractivity contribution is -0.124. The topological polar surface area (TPSA) is 73.2 Å². The van der Waals surface area contributed by atoms with Gasteiger partial charge in [-0.2, -0.15) is 5.10 Å². The van der Waals surface area contributed by atoms with Crippen molar-refractivity contribution >= 4 is 45.0 Å². The van der Waals surface area contributed by atoms with Crippen molar-refractivity contribution in [3.8, 4) is 0 Å². The SMILES string of the molecule is CC[C@H](C)NC(=O)COC(=O)c1cc2c(C)nn(Cc3ccc(Cl)cc3)c2s1. The highest BCUT2D eigenvalue weighted by Gasteiger charge is 2.18. The summed E-state index contributed by atoms with van der Waals surface area (Å²) in [7, 11) is 0. The average Bonchev–Trinajstić information content (AvgIpc) is 3.23. The molecule has 3 rings (SSSR count). The third kappa shape index (κ3) is 4.72. The summed E-state index contributed by atoms with van der Waals surface area (Å²) in [6.07, 6.45) is 0.819. The van der Waals surface area contributed by atoms with E-state index in [1.54, 1.807) is 6.07 Å². The Hall–Kier alpha value is -2.38. The third-order valence-corrected chi connectivity index (χ3v) is 5.79. The van der Waals surface area contributed by atoms with Crippen LogP contribution in [0, 0.1) is 6.92 Å². The number of carbonyl (C=O) groups is 2. The molecule has 0 aliphatic rings. The Kier molecular flexibility index (Phi) is 6.36. The number of hydrogen-bond acceptors (Lipinski definition) is 5. The van der Waals surface area contributed by atoms with Crippen LogP contribution in [0.2, 0.25) is 5.02 Å². The lowest BCUT2D eigenvalue weighted by Crippen LogP contribution is -2.35. The van der Waals surface area contributed by atoms with Crippen molar-refractivity contribution in [3.05, 3.63) is 51.5 Å². The Morgan fingerprint density at radius 3 is 2.71 bits per heavy atom. The molecular weight excluding hydrogens is 398 g/mol. The number of fused-ring (bicyclic) bond motifs is 1. The first kappa shape index (κ1) is 20.4. The molecular formula is C20H22ClN3O3S. The molecule has 0 saturated carbocycles. The van der Waals surface area contributed by atoms with Crippen molar-refractivity contribution < 1.29 is 14.3 Å². The molecule has 1 amide bonds. The van der Waals surface area contributed by atoms with Gasteiger partial charge in [0.15, 0.2) is 6.61 Å². The van der Waals surface area contributed by atoms with Gasteiger partial charge in [0.25, 0.3) is 5.91 Å². The van der Waals surface area contributed by atoms with E-state index in [0.29, 0.717) is 16.4 Å². The average molecular weight is 420 g/mol. The Morgan fingerprint density at radius 2 is 2.04 bits per heavy atom. The molecule has 0 spiro atoms. The van der Waals surface area contributed by atoms with Gasteiger partial charge in [-0.15, -0.1) is 11.3 Å². The van der Waals surface area contributed by atoms with Gasteiger partial charge >= 0.3 is 5.97 Å². The monoisotopic (exact) mass is 419 g/mol. The first-order valence-corrected chi connectivity index (χ1v) is 10.2. The van der Waals surface area contributed by atoms with Gasteiger partial charge in [0, 0.05) is 16.5 Å². The van der Waals surface area contributed by atoms with Gasteiger partial charge in [-0.25, -0.2) is 4.79 Å². The molecule has 1 N–H and O–H groups in total. The highest BCUT2D eigenvalue weighted by molar-refractivity contribution is 7.20. The number of thiophene rings is 1. The fraction of sp³-hybridized carbons (Fsp3) is 0.350. The minimum absolute atomic E-state index is 0.0528. The first-order chi connectivity index (χ1) is 13.4. The van der Waals surface area contributed by atoms with Gasteiger partial charge in [-0.3, -0.25) is 9.48 Å². The fourth-order valence-electron chi connectivity index (χ4n) is 2.70. The smallest absolute Gasteiger partial charge is 0.348 e. The lowest BCUT2D eigenvalue weighted by atomic mass is 10.2. The number of ether oxygens (including phenoxy) is 1. The molecule has 0 aliphatic heterocycles. The second kappa shape index (κ2) is 8.75. The molecule has 0 fully saturated rings. The highest BCUT2D eigenvalue weighted by Crippen LogP contribution is 2.29. The molecule has 2 aromatic heterocycles. The highest BCUT2D eigenvalue weighted by atomic mass is 35.5. The Bertz CT molecular complexity index is 994. The van der Waals surface area contributed by atoms with Crippen LogP contribution >= 0.6 is 22.9 Å². The Morgan fingerprint density at radius 1 is 1.32 bits per heavy atom. The van der Waals surface area contributed by atoms with Crippen molar-refractivity contribution in [1.82, 2.24) is 15.1 Å². The summed E-state index contributed by atoms with van der Waals surface area (Å²) in [5.41, 5.74) is 1.90. The number of aromatic nitrogens is 2. The Labute approximate surface area is 172 Å². The maximum absolute atomic E-state index is 12.4. The zero-order valence-corrected chi connectivity index (χ0v) is 17.6. The molecule has 0 unspecified atom stereocenters. The number of hydrogen-bond donors (Lipinski definition) is 1. The number of nitrogens with one attached hydrogen (secondary N) is 1. The summed E-state index contributed by atoms with van der Waals surface area (Å²) >= 11 is 7.25.